The summed E-state index contributed by atoms with van der Waals surface area (Å²) < 4.78 is 15.6. The molecule has 1 N–H and O–H groups in total. The van der Waals surface area contributed by atoms with Gasteiger partial charge in [0.1, 0.15) is 6.26 Å². The number of oxazole rings is 1. The van der Waals surface area contributed by atoms with Crippen molar-refractivity contribution in [1.29, 1.82) is 0 Å². The summed E-state index contributed by atoms with van der Waals surface area (Å²) in [5, 5.41) is 3.25. The van der Waals surface area contributed by atoms with Crippen molar-refractivity contribution in [2.75, 3.05) is 13.2 Å². The van der Waals surface area contributed by atoms with E-state index in [1.807, 2.05) is 0 Å². The Kier molecular flexibility index (Phi) is 3.23. The molecule has 1 aliphatic rings. The van der Waals surface area contributed by atoms with E-state index in [1.165, 1.54) is 0 Å². The van der Waals surface area contributed by atoms with Gasteiger partial charge in [0.05, 0.1) is 18.9 Å². The molecule has 0 atom stereocenters. The minimum atomic E-state index is 0.106. The fourth-order valence-electron chi connectivity index (χ4n) is 1.16. The van der Waals surface area contributed by atoms with Gasteiger partial charge >= 0.3 is 6.08 Å². The van der Waals surface area contributed by atoms with E-state index in [9.17, 15) is 0 Å². The van der Waals surface area contributed by atoms with Gasteiger partial charge in [-0.15, -0.1) is 0 Å². The molecule has 2 heterocycles. The summed E-state index contributed by atoms with van der Waals surface area (Å²) in [7, 11) is 0. The molecule has 0 bridgehead atoms. The van der Waals surface area contributed by atoms with E-state index in [-0.39, 0.29) is 6.10 Å². The molecule has 0 unspecified atom stereocenters. The first kappa shape index (κ1) is 10.4. The van der Waals surface area contributed by atoms with Crippen LogP contribution in [0, 0.1) is 0 Å². The van der Waals surface area contributed by atoms with Crippen LogP contribution < -0.4 is 10.1 Å². The molecule has 0 spiro atoms. The number of nitrogens with zero attached hydrogens (tertiary/aromatic N) is 1. The fourth-order valence-corrected chi connectivity index (χ4v) is 1.16. The number of hydrogen-bond donors (Lipinski definition) is 1. The second kappa shape index (κ2) is 4.63. The predicted octanol–water partition coefficient (Wildman–Crippen LogP) is 0.950. The number of hydrogen-bond acceptors (Lipinski definition) is 5. The Hall–Kier alpha value is -1.07. The van der Waals surface area contributed by atoms with Crippen LogP contribution in [-0.4, -0.2) is 30.3 Å². The summed E-state index contributed by atoms with van der Waals surface area (Å²) >= 11 is 0. The molecule has 1 aromatic rings. The smallest absolute Gasteiger partial charge is 0.394 e. The van der Waals surface area contributed by atoms with Crippen molar-refractivity contribution in [2.24, 2.45) is 0 Å². The van der Waals surface area contributed by atoms with Crippen molar-refractivity contribution in [3.05, 3.63) is 12.0 Å². The highest BCUT2D eigenvalue weighted by molar-refractivity contribution is 5.00. The Morgan fingerprint density at radius 1 is 1.60 bits per heavy atom. The molecular formula is C10H16N2O3. The average molecular weight is 212 g/mol. The van der Waals surface area contributed by atoms with Crippen molar-refractivity contribution in [1.82, 2.24) is 10.3 Å². The van der Waals surface area contributed by atoms with Crippen molar-refractivity contribution < 1.29 is 13.9 Å². The van der Waals surface area contributed by atoms with Gasteiger partial charge in [0, 0.05) is 12.6 Å². The van der Waals surface area contributed by atoms with Crippen LogP contribution in [0.5, 0.6) is 6.08 Å². The van der Waals surface area contributed by atoms with E-state index in [4.69, 9.17) is 13.9 Å². The van der Waals surface area contributed by atoms with Gasteiger partial charge in [0.2, 0.25) is 0 Å². The predicted molar refractivity (Wildman–Crippen MR) is 53.7 cm³/mol. The van der Waals surface area contributed by atoms with Gasteiger partial charge < -0.3 is 19.2 Å². The molecule has 1 aromatic heterocycles. The summed E-state index contributed by atoms with van der Waals surface area (Å²) in [6.07, 6.45) is 2.06. The maximum absolute atomic E-state index is 5.41. The van der Waals surface area contributed by atoms with Crippen LogP contribution in [0.1, 0.15) is 19.5 Å². The Morgan fingerprint density at radius 3 is 3.00 bits per heavy atom. The van der Waals surface area contributed by atoms with Crippen molar-refractivity contribution in [3.63, 3.8) is 0 Å². The highest BCUT2D eigenvalue weighted by Crippen LogP contribution is 2.15. The molecular weight excluding hydrogens is 196 g/mol. The van der Waals surface area contributed by atoms with Gasteiger partial charge in [0.25, 0.3) is 0 Å². The Balaban J connectivity index is 1.80. The van der Waals surface area contributed by atoms with Crippen molar-refractivity contribution in [3.8, 4) is 6.08 Å². The first-order valence-corrected chi connectivity index (χ1v) is 5.16. The van der Waals surface area contributed by atoms with Crippen molar-refractivity contribution >= 4 is 0 Å². The van der Waals surface area contributed by atoms with Crippen molar-refractivity contribution in [2.45, 2.75) is 32.5 Å². The number of rotatable bonds is 5. The second-order valence-electron chi connectivity index (χ2n) is 3.92. The minimum Gasteiger partial charge on any atom is -0.442 e. The lowest BCUT2D eigenvalue weighted by atomic mass is 10.3. The summed E-state index contributed by atoms with van der Waals surface area (Å²) in [5.41, 5.74) is 0.860. The number of ether oxygens (including phenoxy) is 2. The quantitative estimate of drug-likeness (QED) is 0.787. The molecule has 1 aliphatic heterocycles. The van der Waals surface area contributed by atoms with E-state index in [0.717, 1.165) is 5.69 Å². The van der Waals surface area contributed by atoms with Gasteiger partial charge in [0.15, 0.2) is 6.10 Å². The van der Waals surface area contributed by atoms with Crippen LogP contribution in [0.2, 0.25) is 0 Å². The molecule has 84 valence electrons. The van der Waals surface area contributed by atoms with Crippen LogP contribution in [0.15, 0.2) is 10.7 Å². The first-order valence-electron chi connectivity index (χ1n) is 5.16. The van der Waals surface area contributed by atoms with Crippen LogP contribution in [0.25, 0.3) is 0 Å². The Morgan fingerprint density at radius 2 is 2.40 bits per heavy atom. The van der Waals surface area contributed by atoms with Gasteiger partial charge in [-0.2, -0.15) is 4.98 Å². The zero-order valence-electron chi connectivity index (χ0n) is 9.03. The van der Waals surface area contributed by atoms with E-state index >= 15 is 0 Å². The van der Waals surface area contributed by atoms with Crippen LogP contribution in [0.3, 0.4) is 0 Å². The van der Waals surface area contributed by atoms with E-state index in [0.29, 0.717) is 31.9 Å². The summed E-state index contributed by atoms with van der Waals surface area (Å²) in [5.74, 6) is 0. The third-order valence-electron chi connectivity index (χ3n) is 2.10. The largest absolute Gasteiger partial charge is 0.442 e. The molecule has 0 saturated carbocycles. The Labute approximate surface area is 88.8 Å². The zero-order chi connectivity index (χ0) is 10.7. The molecule has 15 heavy (non-hydrogen) atoms. The first-order chi connectivity index (χ1) is 7.24. The standard InChI is InChI=1S/C10H16N2O3/c1-7(2)11-3-8-4-14-10(12-8)15-9-5-13-6-9/h4,7,9,11H,3,5-6H2,1-2H3. The van der Waals surface area contributed by atoms with Crippen LogP contribution in [0.4, 0.5) is 0 Å². The fraction of sp³-hybridized carbons (Fsp3) is 0.700. The lowest BCUT2D eigenvalue weighted by Gasteiger charge is -2.24. The van der Waals surface area contributed by atoms with E-state index in [2.05, 4.69) is 24.1 Å². The van der Waals surface area contributed by atoms with Gasteiger partial charge in [-0.25, -0.2) is 0 Å². The zero-order valence-corrected chi connectivity index (χ0v) is 9.03. The molecule has 5 nitrogen and oxygen atoms in total. The van der Waals surface area contributed by atoms with E-state index in [1.54, 1.807) is 6.26 Å². The lowest BCUT2D eigenvalue weighted by molar-refractivity contribution is -0.0894. The molecule has 1 fully saturated rings. The molecule has 0 aliphatic carbocycles. The SMILES string of the molecule is CC(C)NCc1coc(OC2COC2)n1. The monoisotopic (exact) mass is 212 g/mol. The van der Waals surface area contributed by atoms with Gasteiger partial charge in [-0.1, -0.05) is 13.8 Å². The van der Waals surface area contributed by atoms with Gasteiger partial charge in [-0.05, 0) is 0 Å². The second-order valence-corrected chi connectivity index (χ2v) is 3.92. The summed E-state index contributed by atoms with van der Waals surface area (Å²) in [6.45, 7) is 6.13. The van der Waals surface area contributed by atoms with Crippen LogP contribution >= 0.6 is 0 Å². The van der Waals surface area contributed by atoms with Crippen LogP contribution in [-0.2, 0) is 11.3 Å². The normalized spacial score (nSPS) is 16.7. The molecule has 0 aromatic carbocycles. The minimum absolute atomic E-state index is 0.106. The summed E-state index contributed by atoms with van der Waals surface area (Å²) in [4.78, 5) is 4.20. The third kappa shape index (κ3) is 2.94. The third-order valence-corrected chi connectivity index (χ3v) is 2.10. The number of aromatic nitrogens is 1. The molecule has 0 radical (unpaired) electrons. The molecule has 5 heteroatoms. The van der Waals surface area contributed by atoms with Gasteiger partial charge in [-0.3, -0.25) is 0 Å². The topological polar surface area (TPSA) is 56.5 Å². The Bertz CT molecular complexity index is 307. The van der Waals surface area contributed by atoms with E-state index < -0.39 is 0 Å². The molecule has 1 saturated heterocycles. The highest BCUT2D eigenvalue weighted by Gasteiger charge is 2.22. The number of nitrogens with one attached hydrogen (secondary N) is 1. The lowest BCUT2D eigenvalue weighted by Crippen LogP contribution is -2.38. The molecule has 2 rings (SSSR count). The maximum atomic E-state index is 5.41. The molecule has 0 amide bonds. The highest BCUT2D eigenvalue weighted by atomic mass is 16.6. The average Bonchev–Trinajstić information content (AvgIpc) is 2.56. The summed E-state index contributed by atoms with van der Waals surface area (Å²) in [6, 6.07) is 0.436. The maximum Gasteiger partial charge on any atom is 0.394 e.